The Kier molecular flexibility index (Phi) is 9.57. The molecule has 1 aliphatic heterocycles. The fourth-order valence-electron chi connectivity index (χ4n) is 3.43. The molecule has 0 spiro atoms. The van der Waals surface area contributed by atoms with Crippen molar-refractivity contribution in [2.24, 2.45) is 4.99 Å². The van der Waals surface area contributed by atoms with Gasteiger partial charge in [0.25, 0.3) is 0 Å². The largest absolute Gasteiger partial charge is 0.378 e. The standard InChI is InChI=1S/C20H38N6O3S/c1-6-21-20(22-8-7-9-26-19(5)16-18(4)23-26)24-10-12-25(13-11-24)30(27,28)15-14-29-17(2)3/h16-17H,6-15H2,1-5H3,(H,21,22). The van der Waals surface area contributed by atoms with E-state index < -0.39 is 10.0 Å². The molecule has 0 aromatic carbocycles. The van der Waals surface area contributed by atoms with Gasteiger partial charge < -0.3 is 15.0 Å². The number of aliphatic imine (C=N–C) groups is 1. The average molecular weight is 443 g/mol. The summed E-state index contributed by atoms with van der Waals surface area (Å²) in [6.07, 6.45) is 0.943. The Morgan fingerprint density at radius 1 is 1.27 bits per heavy atom. The minimum Gasteiger partial charge on any atom is -0.378 e. The van der Waals surface area contributed by atoms with Crippen molar-refractivity contribution >= 4 is 16.0 Å². The first-order chi connectivity index (χ1) is 14.2. The highest BCUT2D eigenvalue weighted by atomic mass is 32.2. The number of nitrogens with zero attached hydrogens (tertiary/aromatic N) is 5. The van der Waals surface area contributed by atoms with Crippen LogP contribution in [0.15, 0.2) is 11.1 Å². The molecule has 2 rings (SSSR count). The van der Waals surface area contributed by atoms with Gasteiger partial charge in [-0.15, -0.1) is 0 Å². The summed E-state index contributed by atoms with van der Waals surface area (Å²) in [6.45, 7) is 14.7. The summed E-state index contributed by atoms with van der Waals surface area (Å²) in [4.78, 5) is 6.89. The number of sulfonamides is 1. The normalized spacial score (nSPS) is 16.5. The van der Waals surface area contributed by atoms with E-state index in [0.29, 0.717) is 32.7 Å². The highest BCUT2D eigenvalue weighted by Gasteiger charge is 2.28. The van der Waals surface area contributed by atoms with Gasteiger partial charge in [0.05, 0.1) is 24.2 Å². The molecule has 172 valence electrons. The number of aryl methyl sites for hydroxylation is 3. The van der Waals surface area contributed by atoms with Crippen LogP contribution in [-0.2, 0) is 21.3 Å². The molecule has 1 aromatic heterocycles. The first-order valence-corrected chi connectivity index (χ1v) is 12.5. The number of hydrogen-bond acceptors (Lipinski definition) is 5. The molecule has 1 saturated heterocycles. The second-order valence-corrected chi connectivity index (χ2v) is 9.95. The van der Waals surface area contributed by atoms with Crippen LogP contribution < -0.4 is 5.32 Å². The molecule has 1 aromatic rings. The predicted octanol–water partition coefficient (Wildman–Crippen LogP) is 1.23. The van der Waals surface area contributed by atoms with Crippen molar-refractivity contribution in [2.45, 2.75) is 53.7 Å². The van der Waals surface area contributed by atoms with Gasteiger partial charge in [-0.2, -0.15) is 9.40 Å². The molecule has 9 nitrogen and oxygen atoms in total. The summed E-state index contributed by atoms with van der Waals surface area (Å²) in [5, 5.41) is 7.82. The number of rotatable bonds is 10. The van der Waals surface area contributed by atoms with Crippen molar-refractivity contribution < 1.29 is 13.2 Å². The van der Waals surface area contributed by atoms with E-state index in [0.717, 1.165) is 31.2 Å². The van der Waals surface area contributed by atoms with E-state index >= 15 is 0 Å². The van der Waals surface area contributed by atoms with Crippen LogP contribution in [-0.4, -0.2) is 91.1 Å². The van der Waals surface area contributed by atoms with Crippen LogP contribution in [0, 0.1) is 13.8 Å². The van der Waals surface area contributed by atoms with Crippen molar-refractivity contribution in [2.75, 3.05) is 51.6 Å². The summed E-state index contributed by atoms with van der Waals surface area (Å²) in [5.74, 6) is 0.886. The van der Waals surface area contributed by atoms with E-state index in [4.69, 9.17) is 9.73 Å². The maximum Gasteiger partial charge on any atom is 0.216 e. The third-order valence-corrected chi connectivity index (χ3v) is 6.79. The first-order valence-electron chi connectivity index (χ1n) is 10.9. The quantitative estimate of drug-likeness (QED) is 0.333. The molecular weight excluding hydrogens is 404 g/mol. The molecule has 0 radical (unpaired) electrons. The topological polar surface area (TPSA) is 92.1 Å². The van der Waals surface area contributed by atoms with E-state index in [1.165, 1.54) is 5.69 Å². The van der Waals surface area contributed by atoms with E-state index in [-0.39, 0.29) is 18.5 Å². The number of hydrogen-bond donors (Lipinski definition) is 1. The third kappa shape index (κ3) is 7.55. The summed E-state index contributed by atoms with van der Waals surface area (Å²) < 4.78 is 34.0. The summed E-state index contributed by atoms with van der Waals surface area (Å²) in [6, 6.07) is 2.08. The first kappa shape index (κ1) is 24.6. The molecule has 1 fully saturated rings. The van der Waals surface area contributed by atoms with Crippen molar-refractivity contribution in [1.29, 1.82) is 0 Å². The van der Waals surface area contributed by atoms with Gasteiger partial charge in [0.2, 0.25) is 10.0 Å². The van der Waals surface area contributed by atoms with Crippen LogP contribution >= 0.6 is 0 Å². The monoisotopic (exact) mass is 442 g/mol. The lowest BCUT2D eigenvalue weighted by atomic mass is 10.3. The van der Waals surface area contributed by atoms with E-state index in [1.807, 2.05) is 32.4 Å². The average Bonchev–Trinajstić information content (AvgIpc) is 3.01. The molecule has 0 unspecified atom stereocenters. The number of piperazine rings is 1. The molecule has 2 heterocycles. The lowest BCUT2D eigenvalue weighted by Gasteiger charge is -2.36. The predicted molar refractivity (Wildman–Crippen MR) is 120 cm³/mol. The summed E-state index contributed by atoms with van der Waals surface area (Å²) in [5.41, 5.74) is 2.20. The highest BCUT2D eigenvalue weighted by molar-refractivity contribution is 7.89. The van der Waals surface area contributed by atoms with E-state index in [1.54, 1.807) is 4.31 Å². The van der Waals surface area contributed by atoms with Crippen LogP contribution in [0.1, 0.15) is 38.6 Å². The Morgan fingerprint density at radius 3 is 2.53 bits per heavy atom. The lowest BCUT2D eigenvalue weighted by Crippen LogP contribution is -2.54. The Balaban J connectivity index is 1.84. The Hall–Kier alpha value is -1.65. The number of ether oxygens (including phenoxy) is 1. The lowest BCUT2D eigenvalue weighted by molar-refractivity contribution is 0.0904. The maximum absolute atomic E-state index is 12.5. The van der Waals surface area contributed by atoms with E-state index in [9.17, 15) is 8.42 Å². The van der Waals surface area contributed by atoms with Gasteiger partial charge in [0, 0.05) is 51.5 Å². The molecule has 0 atom stereocenters. The van der Waals surface area contributed by atoms with Crippen LogP contribution in [0.5, 0.6) is 0 Å². The highest BCUT2D eigenvalue weighted by Crippen LogP contribution is 2.09. The zero-order valence-electron chi connectivity index (χ0n) is 19.1. The zero-order chi connectivity index (χ0) is 22.1. The molecule has 1 N–H and O–H groups in total. The molecular formula is C20H38N6O3S. The van der Waals surface area contributed by atoms with Crippen molar-refractivity contribution in [1.82, 2.24) is 24.3 Å². The number of aromatic nitrogens is 2. The Morgan fingerprint density at radius 2 is 1.97 bits per heavy atom. The second kappa shape index (κ2) is 11.7. The van der Waals surface area contributed by atoms with E-state index in [2.05, 4.69) is 28.3 Å². The zero-order valence-corrected chi connectivity index (χ0v) is 19.9. The Bertz CT molecular complexity index is 782. The molecule has 10 heteroatoms. The molecule has 1 aliphatic rings. The molecule has 0 aliphatic carbocycles. The van der Waals surface area contributed by atoms with Crippen molar-refractivity contribution in [3.05, 3.63) is 17.5 Å². The molecule has 0 saturated carbocycles. The molecule has 0 amide bonds. The van der Waals surface area contributed by atoms with Gasteiger partial charge in [-0.05, 0) is 47.1 Å². The minimum absolute atomic E-state index is 0.0334. The Labute approximate surface area is 181 Å². The fraction of sp³-hybridized carbons (Fsp3) is 0.800. The van der Waals surface area contributed by atoms with Crippen LogP contribution in [0.25, 0.3) is 0 Å². The minimum atomic E-state index is -3.28. The smallest absolute Gasteiger partial charge is 0.216 e. The molecule has 30 heavy (non-hydrogen) atoms. The maximum atomic E-state index is 12.5. The van der Waals surface area contributed by atoms with Gasteiger partial charge in [-0.25, -0.2) is 8.42 Å². The van der Waals surface area contributed by atoms with Gasteiger partial charge in [-0.1, -0.05) is 0 Å². The number of guanidine groups is 1. The second-order valence-electron chi connectivity index (χ2n) is 7.86. The van der Waals surface area contributed by atoms with Crippen LogP contribution in [0.4, 0.5) is 0 Å². The third-order valence-electron chi connectivity index (χ3n) is 4.95. The number of nitrogens with one attached hydrogen (secondary N) is 1. The van der Waals surface area contributed by atoms with Gasteiger partial charge >= 0.3 is 0 Å². The summed E-state index contributed by atoms with van der Waals surface area (Å²) in [7, 11) is -3.28. The van der Waals surface area contributed by atoms with Crippen molar-refractivity contribution in [3.63, 3.8) is 0 Å². The summed E-state index contributed by atoms with van der Waals surface area (Å²) >= 11 is 0. The van der Waals surface area contributed by atoms with Gasteiger partial charge in [0.15, 0.2) is 5.96 Å². The van der Waals surface area contributed by atoms with Crippen molar-refractivity contribution in [3.8, 4) is 0 Å². The van der Waals surface area contributed by atoms with Gasteiger partial charge in [-0.3, -0.25) is 9.67 Å². The fourth-order valence-corrected chi connectivity index (χ4v) is 4.71. The SMILES string of the molecule is CCNC(=NCCCn1nc(C)cc1C)N1CCN(S(=O)(=O)CCOC(C)C)CC1. The van der Waals surface area contributed by atoms with Gasteiger partial charge in [0.1, 0.15) is 0 Å². The van der Waals surface area contributed by atoms with Crippen LogP contribution in [0.2, 0.25) is 0 Å². The molecule has 0 bridgehead atoms. The van der Waals surface area contributed by atoms with Crippen LogP contribution in [0.3, 0.4) is 0 Å².